The maximum absolute atomic E-state index is 14.4. The molecule has 1 aromatic carbocycles. The average molecular weight is 495 g/mol. The molecular formula is C22H15F6N5O2. The maximum atomic E-state index is 14.4. The molecular weight excluding hydrogens is 480 g/mol. The summed E-state index contributed by atoms with van der Waals surface area (Å²) in [7, 11) is 0. The number of amides is 1. The summed E-state index contributed by atoms with van der Waals surface area (Å²) in [5.74, 6) is -7.07. The number of pyridine rings is 1. The summed E-state index contributed by atoms with van der Waals surface area (Å²) < 4.78 is 82.9. The van der Waals surface area contributed by atoms with Crippen LogP contribution in [0.15, 0.2) is 53.3 Å². The molecule has 0 saturated carbocycles. The Balaban J connectivity index is 1.86. The fourth-order valence-electron chi connectivity index (χ4n) is 3.39. The Labute approximate surface area is 192 Å². The Morgan fingerprint density at radius 3 is 2.23 bits per heavy atom. The summed E-state index contributed by atoms with van der Waals surface area (Å²) >= 11 is 0. The van der Waals surface area contributed by atoms with Crippen LogP contribution in [0.25, 0.3) is 16.9 Å². The highest BCUT2D eigenvalue weighted by Gasteiger charge is 2.60. The minimum absolute atomic E-state index is 0.0576. The van der Waals surface area contributed by atoms with Gasteiger partial charge in [0, 0.05) is 23.4 Å². The summed E-state index contributed by atoms with van der Waals surface area (Å²) in [5, 5.41) is 3.60. The van der Waals surface area contributed by atoms with E-state index in [0.717, 1.165) is 35.0 Å². The number of benzene rings is 1. The summed E-state index contributed by atoms with van der Waals surface area (Å²) in [6.45, 7) is 3.19. The number of hydrogen-bond acceptors (Lipinski definition) is 4. The lowest BCUT2D eigenvalue weighted by atomic mass is 10.1. The Morgan fingerprint density at radius 1 is 0.971 bits per heavy atom. The Morgan fingerprint density at radius 2 is 1.63 bits per heavy atom. The normalized spacial score (nSPS) is 12.2. The van der Waals surface area contributed by atoms with Crippen molar-refractivity contribution >= 4 is 11.6 Å². The number of carbonyl (C=O) groups is 1. The highest BCUT2D eigenvalue weighted by molar-refractivity contribution is 5.99. The quantitative estimate of drug-likeness (QED) is 0.427. The van der Waals surface area contributed by atoms with Gasteiger partial charge in [-0.3, -0.25) is 15.0 Å². The SMILES string of the molecule is Cc1cc(C)n(NC(=O)c2cc3nc(-c4ccc(F)cc4)cc(C(F)(F)C(F)(F)F)n3n2)c(=O)c1. The molecule has 1 N–H and O–H groups in total. The van der Waals surface area contributed by atoms with E-state index in [1.807, 2.05) is 0 Å². The zero-order valence-electron chi connectivity index (χ0n) is 18.0. The standard InChI is InChI=1S/C22H15F6N5O2/c1-11-7-12(2)32(19(34)8-11)31-20(35)16-10-18-29-15(13-3-5-14(23)6-4-13)9-17(33(18)30-16)21(24,25)22(26,27)28/h3-10H,1-2H3,(H,31,35). The second kappa shape index (κ2) is 8.25. The molecule has 0 spiro atoms. The van der Waals surface area contributed by atoms with Gasteiger partial charge in [-0.15, -0.1) is 0 Å². The van der Waals surface area contributed by atoms with E-state index < -0.39 is 46.4 Å². The van der Waals surface area contributed by atoms with Crippen LogP contribution in [0.5, 0.6) is 0 Å². The second-order valence-corrected chi connectivity index (χ2v) is 7.69. The first-order valence-corrected chi connectivity index (χ1v) is 9.91. The van der Waals surface area contributed by atoms with Gasteiger partial charge in [0.05, 0.1) is 5.69 Å². The molecule has 0 saturated heterocycles. The predicted molar refractivity (Wildman–Crippen MR) is 112 cm³/mol. The molecule has 7 nitrogen and oxygen atoms in total. The number of halogens is 6. The maximum Gasteiger partial charge on any atom is 0.459 e. The van der Waals surface area contributed by atoms with Gasteiger partial charge < -0.3 is 0 Å². The van der Waals surface area contributed by atoms with E-state index in [9.17, 15) is 35.9 Å². The Hall–Kier alpha value is -4.16. The van der Waals surface area contributed by atoms with Crippen LogP contribution in [-0.2, 0) is 5.92 Å². The third-order valence-electron chi connectivity index (χ3n) is 5.05. The van der Waals surface area contributed by atoms with Crippen molar-refractivity contribution in [2.75, 3.05) is 5.43 Å². The van der Waals surface area contributed by atoms with Crippen molar-refractivity contribution in [1.29, 1.82) is 0 Å². The number of nitrogens with one attached hydrogen (secondary N) is 1. The van der Waals surface area contributed by atoms with Gasteiger partial charge in [-0.25, -0.2) is 18.6 Å². The van der Waals surface area contributed by atoms with Gasteiger partial charge in [0.2, 0.25) is 0 Å². The van der Waals surface area contributed by atoms with E-state index in [4.69, 9.17) is 0 Å². The molecule has 0 fully saturated rings. The summed E-state index contributed by atoms with van der Waals surface area (Å²) in [4.78, 5) is 28.9. The third kappa shape index (κ3) is 4.36. The molecule has 35 heavy (non-hydrogen) atoms. The van der Waals surface area contributed by atoms with Crippen LogP contribution >= 0.6 is 0 Å². The first-order valence-electron chi connectivity index (χ1n) is 9.91. The van der Waals surface area contributed by atoms with Crippen molar-refractivity contribution < 1.29 is 31.1 Å². The Bertz CT molecular complexity index is 1510. The molecule has 0 aliphatic rings. The first-order chi connectivity index (χ1) is 16.3. The van der Waals surface area contributed by atoms with Crippen LogP contribution in [0.2, 0.25) is 0 Å². The zero-order valence-corrected chi connectivity index (χ0v) is 18.0. The second-order valence-electron chi connectivity index (χ2n) is 7.69. The fourth-order valence-corrected chi connectivity index (χ4v) is 3.39. The van der Waals surface area contributed by atoms with Crippen LogP contribution in [0.1, 0.15) is 27.4 Å². The largest absolute Gasteiger partial charge is 0.459 e. The number of hydrogen-bond donors (Lipinski definition) is 1. The van der Waals surface area contributed by atoms with Crippen LogP contribution in [0, 0.1) is 19.7 Å². The molecule has 4 aromatic rings. The lowest BCUT2D eigenvalue weighted by molar-refractivity contribution is -0.291. The minimum Gasteiger partial charge on any atom is -0.267 e. The van der Waals surface area contributed by atoms with Crippen molar-refractivity contribution in [3.8, 4) is 11.3 Å². The van der Waals surface area contributed by atoms with Crippen LogP contribution in [0.3, 0.4) is 0 Å². The van der Waals surface area contributed by atoms with Gasteiger partial charge in [0.15, 0.2) is 11.3 Å². The minimum atomic E-state index is -5.98. The fraction of sp³-hybridized carbons (Fsp3) is 0.182. The lowest BCUT2D eigenvalue weighted by Gasteiger charge is -2.21. The van der Waals surface area contributed by atoms with Gasteiger partial charge in [-0.05, 0) is 55.8 Å². The van der Waals surface area contributed by atoms with Gasteiger partial charge in [-0.2, -0.15) is 27.1 Å². The molecule has 3 heterocycles. The first kappa shape index (κ1) is 24.0. The molecule has 0 radical (unpaired) electrons. The van der Waals surface area contributed by atoms with Crippen LogP contribution in [0.4, 0.5) is 26.3 Å². The van der Waals surface area contributed by atoms with Crippen molar-refractivity contribution in [3.63, 3.8) is 0 Å². The van der Waals surface area contributed by atoms with E-state index in [1.54, 1.807) is 13.0 Å². The van der Waals surface area contributed by atoms with Crippen molar-refractivity contribution in [1.82, 2.24) is 19.3 Å². The van der Waals surface area contributed by atoms with E-state index in [0.29, 0.717) is 17.3 Å². The third-order valence-corrected chi connectivity index (χ3v) is 5.05. The van der Waals surface area contributed by atoms with E-state index >= 15 is 0 Å². The summed E-state index contributed by atoms with van der Waals surface area (Å²) in [6, 6.07) is 8.46. The molecule has 0 aliphatic carbocycles. The molecule has 0 unspecified atom stereocenters. The number of aryl methyl sites for hydroxylation is 2. The van der Waals surface area contributed by atoms with Gasteiger partial charge in [0.25, 0.3) is 11.5 Å². The smallest absolute Gasteiger partial charge is 0.267 e. The highest BCUT2D eigenvalue weighted by atomic mass is 19.4. The van der Waals surface area contributed by atoms with Gasteiger partial charge >= 0.3 is 12.1 Å². The topological polar surface area (TPSA) is 81.3 Å². The number of carbonyl (C=O) groups excluding carboxylic acids is 1. The summed E-state index contributed by atoms with van der Waals surface area (Å²) in [6.07, 6.45) is -5.98. The monoisotopic (exact) mass is 495 g/mol. The molecule has 3 aromatic heterocycles. The van der Waals surface area contributed by atoms with E-state index in [2.05, 4.69) is 15.5 Å². The highest BCUT2D eigenvalue weighted by Crippen LogP contribution is 2.44. The molecule has 0 aliphatic heterocycles. The number of alkyl halides is 5. The number of aromatic nitrogens is 4. The van der Waals surface area contributed by atoms with Crippen LogP contribution in [-0.4, -0.2) is 31.4 Å². The molecule has 13 heteroatoms. The van der Waals surface area contributed by atoms with Crippen molar-refractivity contribution in [2.24, 2.45) is 0 Å². The summed E-state index contributed by atoms with van der Waals surface area (Å²) in [5.41, 5.74) is -0.328. The molecule has 4 rings (SSSR count). The van der Waals surface area contributed by atoms with Crippen molar-refractivity contribution in [2.45, 2.75) is 25.9 Å². The predicted octanol–water partition coefficient (Wildman–Crippen LogP) is 4.35. The van der Waals surface area contributed by atoms with Crippen molar-refractivity contribution in [3.05, 3.63) is 87.3 Å². The molecule has 1 amide bonds. The van der Waals surface area contributed by atoms with E-state index in [-0.39, 0.29) is 15.8 Å². The lowest BCUT2D eigenvalue weighted by Crippen LogP contribution is -2.36. The zero-order chi connectivity index (χ0) is 25.7. The van der Waals surface area contributed by atoms with E-state index in [1.165, 1.54) is 13.0 Å². The van der Waals surface area contributed by atoms with Gasteiger partial charge in [0.1, 0.15) is 11.5 Å². The van der Waals surface area contributed by atoms with Crippen LogP contribution < -0.4 is 11.0 Å². The Kier molecular flexibility index (Phi) is 5.65. The molecule has 182 valence electrons. The average Bonchev–Trinajstić information content (AvgIpc) is 3.19. The number of nitrogens with zero attached hydrogens (tertiary/aromatic N) is 4. The molecule has 0 atom stereocenters. The number of rotatable bonds is 4. The van der Waals surface area contributed by atoms with Gasteiger partial charge in [-0.1, -0.05) is 0 Å². The number of fused-ring (bicyclic) bond motifs is 1. The molecule has 0 bridgehead atoms.